The Balaban J connectivity index is 1.49. The molecule has 3 nitrogen and oxygen atoms in total. The van der Waals surface area contributed by atoms with Crippen molar-refractivity contribution in [3.05, 3.63) is 35.6 Å². The van der Waals surface area contributed by atoms with Crippen LogP contribution in [0.2, 0.25) is 0 Å². The van der Waals surface area contributed by atoms with Crippen LogP contribution in [-0.2, 0) is 0 Å². The number of halogens is 1. The third-order valence-electron chi connectivity index (χ3n) is 3.70. The molecule has 2 fully saturated rings. The van der Waals surface area contributed by atoms with E-state index in [1.165, 1.54) is 30.5 Å². The Hall–Kier alpha value is -1.58. The average molecular weight is 247 g/mol. The minimum Gasteiger partial charge on any atom is -0.370 e. The van der Waals surface area contributed by atoms with Gasteiger partial charge in [-0.1, -0.05) is 12.1 Å². The molecule has 2 saturated carbocycles. The summed E-state index contributed by atoms with van der Waals surface area (Å²) in [6.45, 7) is 0. The Labute approximate surface area is 106 Å². The lowest BCUT2D eigenvalue weighted by molar-refractivity contribution is 0.323. The fourth-order valence-corrected chi connectivity index (χ4v) is 2.39. The van der Waals surface area contributed by atoms with E-state index in [2.05, 4.69) is 10.3 Å². The molecule has 0 amide bonds. The predicted octanol–water partition coefficient (Wildman–Crippen LogP) is 2.14. The fourth-order valence-electron chi connectivity index (χ4n) is 2.39. The van der Waals surface area contributed by atoms with Crippen molar-refractivity contribution in [3.63, 3.8) is 0 Å². The van der Waals surface area contributed by atoms with Crippen molar-refractivity contribution in [2.24, 2.45) is 10.7 Å². The number of nitrogens with two attached hydrogens (primary N) is 1. The van der Waals surface area contributed by atoms with E-state index < -0.39 is 0 Å². The summed E-state index contributed by atoms with van der Waals surface area (Å²) < 4.78 is 12.8. The van der Waals surface area contributed by atoms with Crippen LogP contribution in [0.3, 0.4) is 0 Å². The molecule has 1 aromatic carbocycles. The van der Waals surface area contributed by atoms with Gasteiger partial charge in [0, 0.05) is 6.04 Å². The summed E-state index contributed by atoms with van der Waals surface area (Å²) in [5, 5.41) is 3.25. The molecule has 0 aliphatic heterocycles. The summed E-state index contributed by atoms with van der Waals surface area (Å²) >= 11 is 0. The Kier molecular flexibility index (Phi) is 2.94. The zero-order valence-corrected chi connectivity index (χ0v) is 10.3. The molecule has 4 heteroatoms. The minimum absolute atomic E-state index is 0.173. The maximum Gasteiger partial charge on any atom is 0.189 e. The lowest BCUT2D eigenvalue weighted by Gasteiger charge is -2.36. The highest BCUT2D eigenvalue weighted by Gasteiger charge is 2.31. The van der Waals surface area contributed by atoms with Crippen LogP contribution in [0.25, 0.3) is 0 Å². The van der Waals surface area contributed by atoms with E-state index in [0.717, 1.165) is 12.8 Å². The van der Waals surface area contributed by atoms with Gasteiger partial charge in [-0.15, -0.1) is 0 Å². The second-order valence-corrected chi connectivity index (χ2v) is 5.31. The molecule has 2 aliphatic rings. The Morgan fingerprint density at radius 2 is 1.89 bits per heavy atom. The summed E-state index contributed by atoms with van der Waals surface area (Å²) in [5.74, 6) is 0.936. The lowest BCUT2D eigenvalue weighted by atomic mass is 9.76. The largest absolute Gasteiger partial charge is 0.370 e. The highest BCUT2D eigenvalue weighted by molar-refractivity contribution is 5.78. The van der Waals surface area contributed by atoms with Crippen molar-refractivity contribution >= 4 is 5.96 Å². The van der Waals surface area contributed by atoms with Crippen molar-refractivity contribution in [3.8, 4) is 0 Å². The molecule has 0 unspecified atom stereocenters. The molecular formula is C14H18FN3. The molecule has 3 N–H and O–H groups in total. The number of hydrogen-bond donors (Lipinski definition) is 2. The van der Waals surface area contributed by atoms with Gasteiger partial charge in [0.15, 0.2) is 5.96 Å². The Morgan fingerprint density at radius 1 is 1.22 bits per heavy atom. The van der Waals surface area contributed by atoms with Crippen LogP contribution in [0, 0.1) is 5.82 Å². The van der Waals surface area contributed by atoms with Crippen LogP contribution >= 0.6 is 0 Å². The molecule has 0 aromatic heterocycles. The predicted molar refractivity (Wildman–Crippen MR) is 69.9 cm³/mol. The fraction of sp³-hybridized carbons (Fsp3) is 0.500. The van der Waals surface area contributed by atoms with E-state index in [9.17, 15) is 4.39 Å². The molecule has 96 valence electrons. The smallest absolute Gasteiger partial charge is 0.189 e. The number of rotatable bonds is 3. The lowest BCUT2D eigenvalue weighted by Crippen LogP contribution is -2.46. The Bertz CT molecular complexity index is 445. The molecule has 18 heavy (non-hydrogen) atoms. The highest BCUT2D eigenvalue weighted by Crippen LogP contribution is 2.36. The van der Waals surface area contributed by atoms with Crippen molar-refractivity contribution in [2.75, 3.05) is 0 Å². The SMILES string of the molecule is NC(=NC1CC1)NC1CC(c2ccc(F)cc2)C1. The Morgan fingerprint density at radius 3 is 2.50 bits per heavy atom. The molecule has 0 radical (unpaired) electrons. The number of benzene rings is 1. The van der Waals surface area contributed by atoms with Gasteiger partial charge < -0.3 is 11.1 Å². The van der Waals surface area contributed by atoms with Gasteiger partial charge >= 0.3 is 0 Å². The molecule has 2 aliphatic carbocycles. The average Bonchev–Trinajstić information content (AvgIpc) is 3.08. The second kappa shape index (κ2) is 4.59. The number of hydrogen-bond acceptors (Lipinski definition) is 1. The standard InChI is InChI=1S/C14H18FN3/c15-11-3-1-9(2-4-11)10-7-13(8-10)18-14(16)17-12-5-6-12/h1-4,10,12-13H,5-8H2,(H3,16,17,18). The van der Waals surface area contributed by atoms with Gasteiger partial charge in [0.1, 0.15) is 5.82 Å². The zero-order chi connectivity index (χ0) is 12.5. The van der Waals surface area contributed by atoms with E-state index in [0.29, 0.717) is 24.0 Å². The number of nitrogens with zero attached hydrogens (tertiary/aromatic N) is 1. The van der Waals surface area contributed by atoms with E-state index in [1.807, 2.05) is 12.1 Å². The second-order valence-electron chi connectivity index (χ2n) is 5.31. The van der Waals surface area contributed by atoms with Gasteiger partial charge in [0.2, 0.25) is 0 Å². The highest BCUT2D eigenvalue weighted by atomic mass is 19.1. The van der Waals surface area contributed by atoms with E-state index in [-0.39, 0.29) is 5.82 Å². The maximum atomic E-state index is 12.8. The topological polar surface area (TPSA) is 50.4 Å². The first-order chi connectivity index (χ1) is 8.70. The molecule has 0 bridgehead atoms. The third kappa shape index (κ3) is 2.63. The van der Waals surface area contributed by atoms with Gasteiger partial charge in [-0.05, 0) is 49.3 Å². The van der Waals surface area contributed by atoms with Crippen LogP contribution in [0.4, 0.5) is 4.39 Å². The van der Waals surface area contributed by atoms with Gasteiger partial charge in [0.25, 0.3) is 0 Å². The summed E-state index contributed by atoms with van der Waals surface area (Å²) in [5.41, 5.74) is 7.03. The summed E-state index contributed by atoms with van der Waals surface area (Å²) in [6, 6.07) is 7.68. The summed E-state index contributed by atoms with van der Waals surface area (Å²) in [7, 11) is 0. The molecule has 3 rings (SSSR count). The van der Waals surface area contributed by atoms with Crippen LogP contribution in [0.1, 0.15) is 37.2 Å². The monoisotopic (exact) mass is 247 g/mol. The maximum absolute atomic E-state index is 12.8. The van der Waals surface area contributed by atoms with Crippen molar-refractivity contribution < 1.29 is 4.39 Å². The van der Waals surface area contributed by atoms with Crippen LogP contribution < -0.4 is 11.1 Å². The molecule has 0 atom stereocenters. The first-order valence-corrected chi connectivity index (χ1v) is 6.56. The van der Waals surface area contributed by atoms with Gasteiger partial charge in [-0.25, -0.2) is 4.39 Å². The molecule has 1 aromatic rings. The van der Waals surface area contributed by atoms with Gasteiger partial charge in [0.05, 0.1) is 6.04 Å². The number of nitrogens with one attached hydrogen (secondary N) is 1. The van der Waals surface area contributed by atoms with Gasteiger partial charge in [-0.2, -0.15) is 0 Å². The van der Waals surface area contributed by atoms with Crippen LogP contribution in [0.5, 0.6) is 0 Å². The molecule has 0 spiro atoms. The number of aliphatic imine (C=N–C) groups is 1. The first kappa shape index (κ1) is 11.5. The number of guanidine groups is 1. The normalized spacial score (nSPS) is 27.7. The van der Waals surface area contributed by atoms with E-state index in [1.54, 1.807) is 0 Å². The molecular weight excluding hydrogens is 229 g/mol. The van der Waals surface area contributed by atoms with E-state index in [4.69, 9.17) is 5.73 Å². The summed E-state index contributed by atoms with van der Waals surface area (Å²) in [4.78, 5) is 4.35. The van der Waals surface area contributed by atoms with Crippen molar-refractivity contribution in [1.82, 2.24) is 5.32 Å². The van der Waals surface area contributed by atoms with E-state index >= 15 is 0 Å². The van der Waals surface area contributed by atoms with Crippen LogP contribution in [-0.4, -0.2) is 18.0 Å². The quantitative estimate of drug-likeness (QED) is 0.635. The summed E-state index contributed by atoms with van der Waals surface area (Å²) in [6.07, 6.45) is 4.44. The molecule has 0 heterocycles. The van der Waals surface area contributed by atoms with Crippen molar-refractivity contribution in [2.45, 2.75) is 43.7 Å². The van der Waals surface area contributed by atoms with Crippen molar-refractivity contribution in [1.29, 1.82) is 0 Å². The molecule has 0 saturated heterocycles. The third-order valence-corrected chi connectivity index (χ3v) is 3.70. The first-order valence-electron chi connectivity index (χ1n) is 6.56. The minimum atomic E-state index is -0.173. The zero-order valence-electron chi connectivity index (χ0n) is 10.3. The van der Waals surface area contributed by atoms with Gasteiger partial charge in [-0.3, -0.25) is 4.99 Å². The van der Waals surface area contributed by atoms with Crippen LogP contribution in [0.15, 0.2) is 29.3 Å².